The third-order valence-corrected chi connectivity index (χ3v) is 5.50. The van der Waals surface area contributed by atoms with Gasteiger partial charge in [-0.3, -0.25) is 4.79 Å². The number of carbonyl (C=O) groups excluding carboxylic acids is 1. The molecule has 0 atom stereocenters. The maximum Gasteiger partial charge on any atom is 0.234 e. The highest BCUT2D eigenvalue weighted by atomic mass is 35.5. The molecular formula is C20H21ClN4O2S. The molecule has 0 saturated carbocycles. The molecule has 3 rings (SSSR count). The summed E-state index contributed by atoms with van der Waals surface area (Å²) in [7, 11) is 3.55. The largest absolute Gasteiger partial charge is 0.497 e. The van der Waals surface area contributed by atoms with E-state index in [1.807, 2.05) is 48.9 Å². The van der Waals surface area contributed by atoms with E-state index in [2.05, 4.69) is 15.5 Å². The molecule has 0 aliphatic carbocycles. The van der Waals surface area contributed by atoms with E-state index in [0.29, 0.717) is 16.6 Å². The summed E-state index contributed by atoms with van der Waals surface area (Å²) >= 11 is 7.30. The summed E-state index contributed by atoms with van der Waals surface area (Å²) < 4.78 is 7.09. The number of halogens is 1. The van der Waals surface area contributed by atoms with Crippen LogP contribution in [0.5, 0.6) is 5.75 Å². The van der Waals surface area contributed by atoms with Crippen molar-refractivity contribution >= 4 is 35.0 Å². The number of anilines is 1. The molecule has 1 amide bonds. The van der Waals surface area contributed by atoms with Gasteiger partial charge in [0.15, 0.2) is 5.16 Å². The summed E-state index contributed by atoms with van der Waals surface area (Å²) in [6.07, 6.45) is 0.657. The summed E-state index contributed by atoms with van der Waals surface area (Å²) in [5.41, 5.74) is 2.79. The monoisotopic (exact) mass is 416 g/mol. The van der Waals surface area contributed by atoms with Crippen molar-refractivity contribution < 1.29 is 9.53 Å². The lowest BCUT2D eigenvalue weighted by molar-refractivity contribution is -0.113. The number of benzene rings is 2. The second kappa shape index (κ2) is 9.12. The van der Waals surface area contributed by atoms with Crippen molar-refractivity contribution in [3.63, 3.8) is 0 Å². The van der Waals surface area contributed by atoms with Gasteiger partial charge < -0.3 is 14.6 Å². The Bertz CT molecular complexity index is 973. The number of rotatable bonds is 7. The molecule has 8 heteroatoms. The van der Waals surface area contributed by atoms with Gasteiger partial charge in [-0.25, -0.2) is 0 Å². The molecule has 0 bridgehead atoms. The molecule has 0 unspecified atom stereocenters. The van der Waals surface area contributed by atoms with Crippen molar-refractivity contribution in [2.75, 3.05) is 18.2 Å². The number of nitrogens with one attached hydrogen (secondary N) is 1. The average molecular weight is 417 g/mol. The van der Waals surface area contributed by atoms with E-state index in [1.54, 1.807) is 19.2 Å². The Morgan fingerprint density at radius 3 is 2.64 bits per heavy atom. The van der Waals surface area contributed by atoms with Gasteiger partial charge in [-0.05, 0) is 48.4 Å². The normalized spacial score (nSPS) is 10.7. The van der Waals surface area contributed by atoms with Gasteiger partial charge in [-0.2, -0.15) is 0 Å². The van der Waals surface area contributed by atoms with Crippen LogP contribution < -0.4 is 10.1 Å². The summed E-state index contributed by atoms with van der Waals surface area (Å²) in [6.45, 7) is 1.91. The fourth-order valence-corrected chi connectivity index (χ4v) is 3.59. The fourth-order valence-electron chi connectivity index (χ4n) is 2.63. The molecule has 6 nitrogen and oxygen atoms in total. The first-order valence-electron chi connectivity index (χ1n) is 8.66. The fraction of sp³-hybridized carbons (Fsp3) is 0.250. The third-order valence-electron chi connectivity index (χ3n) is 4.24. The summed E-state index contributed by atoms with van der Waals surface area (Å²) in [6, 6.07) is 13.2. The molecule has 0 radical (unpaired) electrons. The number of hydrogen-bond donors (Lipinski definition) is 1. The molecule has 2 aromatic carbocycles. The Morgan fingerprint density at radius 2 is 1.96 bits per heavy atom. The van der Waals surface area contributed by atoms with Crippen LogP contribution in [0.25, 0.3) is 0 Å². The lowest BCUT2D eigenvalue weighted by Gasteiger charge is -2.08. The standard InChI is InChI=1S/C20H21ClN4O2S/c1-13-10-15(21)6-9-17(13)22-19(26)12-28-20-24-23-18(25(20)2)11-14-4-7-16(27-3)8-5-14/h4-10H,11-12H2,1-3H3,(H,22,26). The highest BCUT2D eigenvalue weighted by Crippen LogP contribution is 2.22. The van der Waals surface area contributed by atoms with Gasteiger partial charge in [0.25, 0.3) is 0 Å². The van der Waals surface area contributed by atoms with E-state index < -0.39 is 0 Å². The van der Waals surface area contributed by atoms with Gasteiger partial charge in [-0.1, -0.05) is 35.5 Å². The van der Waals surface area contributed by atoms with Gasteiger partial charge in [0.2, 0.25) is 5.91 Å². The molecule has 0 saturated heterocycles. The van der Waals surface area contributed by atoms with Crippen molar-refractivity contribution in [1.29, 1.82) is 0 Å². The lowest BCUT2D eigenvalue weighted by atomic mass is 10.1. The maximum atomic E-state index is 12.3. The molecule has 28 heavy (non-hydrogen) atoms. The molecule has 0 aliphatic rings. The zero-order valence-corrected chi connectivity index (χ0v) is 17.5. The Balaban J connectivity index is 1.58. The Morgan fingerprint density at radius 1 is 1.21 bits per heavy atom. The Hall–Kier alpha value is -2.51. The van der Waals surface area contributed by atoms with Gasteiger partial charge in [0, 0.05) is 24.2 Å². The molecule has 1 N–H and O–H groups in total. The zero-order valence-electron chi connectivity index (χ0n) is 15.9. The van der Waals surface area contributed by atoms with Crippen LogP contribution in [0.1, 0.15) is 17.0 Å². The molecule has 0 aliphatic heterocycles. The third kappa shape index (κ3) is 5.05. The predicted octanol–water partition coefficient (Wildman–Crippen LogP) is 4.11. The van der Waals surface area contributed by atoms with Gasteiger partial charge >= 0.3 is 0 Å². The summed E-state index contributed by atoms with van der Waals surface area (Å²) in [5.74, 6) is 1.80. The summed E-state index contributed by atoms with van der Waals surface area (Å²) in [4.78, 5) is 12.3. The van der Waals surface area contributed by atoms with E-state index in [0.717, 1.165) is 28.4 Å². The van der Waals surface area contributed by atoms with Crippen molar-refractivity contribution in [2.24, 2.45) is 7.05 Å². The number of amides is 1. The van der Waals surface area contributed by atoms with Gasteiger partial charge in [0.05, 0.1) is 12.9 Å². The Labute approximate surface area is 173 Å². The predicted molar refractivity (Wildman–Crippen MR) is 112 cm³/mol. The second-order valence-electron chi connectivity index (χ2n) is 6.28. The van der Waals surface area contributed by atoms with Crippen LogP contribution in [0.4, 0.5) is 5.69 Å². The number of methoxy groups -OCH3 is 1. The molecule has 0 fully saturated rings. The zero-order chi connectivity index (χ0) is 20.1. The van der Waals surface area contributed by atoms with Crippen molar-refractivity contribution in [1.82, 2.24) is 14.8 Å². The topological polar surface area (TPSA) is 69.0 Å². The van der Waals surface area contributed by atoms with Crippen LogP contribution in [0, 0.1) is 6.92 Å². The van der Waals surface area contributed by atoms with E-state index in [1.165, 1.54) is 11.8 Å². The lowest BCUT2D eigenvalue weighted by Crippen LogP contribution is -2.15. The van der Waals surface area contributed by atoms with Crippen LogP contribution >= 0.6 is 23.4 Å². The van der Waals surface area contributed by atoms with Crippen LogP contribution in [0.15, 0.2) is 47.6 Å². The Kier molecular flexibility index (Phi) is 6.59. The van der Waals surface area contributed by atoms with Crippen LogP contribution in [-0.2, 0) is 18.3 Å². The number of thioether (sulfide) groups is 1. The average Bonchev–Trinajstić information content (AvgIpc) is 3.02. The smallest absolute Gasteiger partial charge is 0.234 e. The van der Waals surface area contributed by atoms with Crippen LogP contribution in [0.2, 0.25) is 5.02 Å². The van der Waals surface area contributed by atoms with Crippen molar-refractivity contribution in [3.05, 3.63) is 64.4 Å². The highest BCUT2D eigenvalue weighted by Gasteiger charge is 2.13. The number of hydrogen-bond acceptors (Lipinski definition) is 5. The number of carbonyl (C=O) groups is 1. The number of aromatic nitrogens is 3. The number of ether oxygens (including phenoxy) is 1. The van der Waals surface area contributed by atoms with Gasteiger partial charge in [0.1, 0.15) is 11.6 Å². The van der Waals surface area contributed by atoms with Gasteiger partial charge in [-0.15, -0.1) is 10.2 Å². The van der Waals surface area contributed by atoms with Crippen molar-refractivity contribution in [3.8, 4) is 5.75 Å². The SMILES string of the molecule is COc1ccc(Cc2nnc(SCC(=O)Nc3ccc(Cl)cc3C)n2C)cc1. The molecule has 3 aromatic rings. The van der Waals surface area contributed by atoms with Crippen LogP contribution in [-0.4, -0.2) is 33.5 Å². The van der Waals surface area contributed by atoms with E-state index in [-0.39, 0.29) is 11.7 Å². The first-order chi connectivity index (χ1) is 13.5. The minimum Gasteiger partial charge on any atom is -0.497 e. The minimum atomic E-state index is -0.102. The quantitative estimate of drug-likeness (QED) is 0.587. The molecule has 0 spiro atoms. The van der Waals surface area contributed by atoms with E-state index >= 15 is 0 Å². The maximum absolute atomic E-state index is 12.3. The van der Waals surface area contributed by atoms with E-state index in [9.17, 15) is 4.79 Å². The van der Waals surface area contributed by atoms with Crippen LogP contribution in [0.3, 0.4) is 0 Å². The number of nitrogens with zero attached hydrogens (tertiary/aromatic N) is 3. The molecule has 146 valence electrons. The molecular weight excluding hydrogens is 396 g/mol. The summed E-state index contributed by atoms with van der Waals surface area (Å²) in [5, 5.41) is 12.7. The van der Waals surface area contributed by atoms with E-state index in [4.69, 9.17) is 16.3 Å². The first-order valence-corrected chi connectivity index (χ1v) is 10.0. The second-order valence-corrected chi connectivity index (χ2v) is 7.66. The first kappa shape index (κ1) is 20.2. The molecule has 1 aromatic heterocycles. The molecule has 1 heterocycles. The van der Waals surface area contributed by atoms with Crippen molar-refractivity contribution in [2.45, 2.75) is 18.5 Å². The number of aryl methyl sites for hydroxylation is 1. The highest BCUT2D eigenvalue weighted by molar-refractivity contribution is 7.99. The minimum absolute atomic E-state index is 0.102.